The van der Waals surface area contributed by atoms with Crippen molar-refractivity contribution in [3.05, 3.63) is 0 Å². The minimum absolute atomic E-state index is 0.123. The fourth-order valence-corrected chi connectivity index (χ4v) is 3.65. The maximum Gasteiger partial charge on any atom is 0.315 e. The quantitative estimate of drug-likeness (QED) is 0.598. The molecule has 1 aliphatic heterocycles. The Morgan fingerprint density at radius 2 is 2.14 bits per heavy atom. The van der Waals surface area contributed by atoms with E-state index in [2.05, 4.69) is 0 Å². The van der Waals surface area contributed by atoms with Crippen LogP contribution in [-0.4, -0.2) is 16.9 Å². The Morgan fingerprint density at radius 1 is 1.29 bits per heavy atom. The Kier molecular flexibility index (Phi) is 1.56. The first-order valence-corrected chi connectivity index (χ1v) is 5.61. The molecule has 0 aromatic rings. The molecule has 3 atom stereocenters. The highest BCUT2D eigenvalue weighted by Crippen LogP contribution is 2.58. The molecule has 3 heteroatoms. The summed E-state index contributed by atoms with van der Waals surface area (Å²) in [6.07, 6.45) is 6.58. The maximum atomic E-state index is 11.8. The second-order valence-electron chi connectivity index (χ2n) is 5.15. The number of carbonyl (C=O) groups excluding carboxylic acids is 1. The van der Waals surface area contributed by atoms with E-state index in [-0.39, 0.29) is 11.4 Å². The minimum Gasteiger partial charge on any atom is -0.433 e. The van der Waals surface area contributed by atoms with E-state index in [1.807, 2.05) is 0 Å². The summed E-state index contributed by atoms with van der Waals surface area (Å²) in [5.74, 6) is -0.751. The van der Waals surface area contributed by atoms with Gasteiger partial charge in [-0.2, -0.15) is 0 Å². The molecular formula is C11H16O3. The van der Waals surface area contributed by atoms with Crippen LogP contribution in [0.15, 0.2) is 0 Å². The number of hydrogen-bond donors (Lipinski definition) is 1. The molecule has 1 saturated heterocycles. The number of esters is 1. The fourth-order valence-electron chi connectivity index (χ4n) is 3.65. The Bertz CT molecular complexity index is 288. The van der Waals surface area contributed by atoms with Crippen LogP contribution in [0.1, 0.15) is 44.9 Å². The second-order valence-corrected chi connectivity index (χ2v) is 5.15. The standard InChI is InChI=1S/C11H16O3/c12-9-10-5-2-1-3-8(10)4-6-11(13,7-10)14-9/h8,13H,1-7H2/t8-,10+,11+/m0/s1. The van der Waals surface area contributed by atoms with E-state index >= 15 is 0 Å². The SMILES string of the molecule is O=C1O[C@]2(O)CC[C@@H]3CCCC[C@]13C2. The number of fused-ring (bicyclic) bond motifs is 1. The van der Waals surface area contributed by atoms with Crippen molar-refractivity contribution in [3.8, 4) is 0 Å². The van der Waals surface area contributed by atoms with Crippen molar-refractivity contribution in [2.75, 3.05) is 0 Å². The van der Waals surface area contributed by atoms with Crippen molar-refractivity contribution in [1.29, 1.82) is 0 Å². The number of ether oxygens (including phenoxy) is 1. The van der Waals surface area contributed by atoms with E-state index in [4.69, 9.17) is 4.74 Å². The van der Waals surface area contributed by atoms with Crippen molar-refractivity contribution in [2.24, 2.45) is 11.3 Å². The van der Waals surface area contributed by atoms with Gasteiger partial charge in [-0.05, 0) is 25.2 Å². The third-order valence-corrected chi connectivity index (χ3v) is 4.37. The van der Waals surface area contributed by atoms with Crippen molar-refractivity contribution < 1.29 is 14.6 Å². The van der Waals surface area contributed by atoms with Crippen LogP contribution in [0.25, 0.3) is 0 Å². The fraction of sp³-hybridized carbons (Fsp3) is 0.909. The molecular weight excluding hydrogens is 180 g/mol. The molecule has 2 aliphatic carbocycles. The zero-order valence-electron chi connectivity index (χ0n) is 8.29. The van der Waals surface area contributed by atoms with Crippen LogP contribution in [-0.2, 0) is 9.53 Å². The van der Waals surface area contributed by atoms with Crippen molar-refractivity contribution in [1.82, 2.24) is 0 Å². The molecule has 0 unspecified atom stereocenters. The highest BCUT2D eigenvalue weighted by atomic mass is 16.7. The van der Waals surface area contributed by atoms with Crippen LogP contribution in [0.4, 0.5) is 0 Å². The van der Waals surface area contributed by atoms with Crippen LogP contribution in [0, 0.1) is 11.3 Å². The van der Waals surface area contributed by atoms with Gasteiger partial charge in [0.2, 0.25) is 5.79 Å². The first-order valence-electron chi connectivity index (χ1n) is 5.61. The number of aliphatic hydroxyl groups is 1. The van der Waals surface area contributed by atoms with E-state index in [0.717, 1.165) is 25.7 Å². The van der Waals surface area contributed by atoms with E-state index in [1.54, 1.807) is 0 Å². The minimum atomic E-state index is -1.11. The molecule has 0 amide bonds. The topological polar surface area (TPSA) is 46.5 Å². The molecule has 2 saturated carbocycles. The first-order chi connectivity index (χ1) is 6.65. The van der Waals surface area contributed by atoms with Crippen molar-refractivity contribution >= 4 is 5.97 Å². The molecule has 2 bridgehead atoms. The maximum absolute atomic E-state index is 11.8. The van der Waals surface area contributed by atoms with Crippen molar-refractivity contribution in [3.63, 3.8) is 0 Å². The summed E-state index contributed by atoms with van der Waals surface area (Å²) in [7, 11) is 0. The third kappa shape index (κ3) is 0.937. The van der Waals surface area contributed by atoms with Gasteiger partial charge in [0.25, 0.3) is 0 Å². The molecule has 14 heavy (non-hydrogen) atoms. The summed E-state index contributed by atoms with van der Waals surface area (Å²) < 4.78 is 5.15. The van der Waals surface area contributed by atoms with Crippen molar-refractivity contribution in [2.45, 2.75) is 50.7 Å². The molecule has 3 aliphatic rings. The van der Waals surface area contributed by atoms with Gasteiger partial charge >= 0.3 is 5.97 Å². The van der Waals surface area contributed by atoms with Gasteiger partial charge in [-0.1, -0.05) is 12.8 Å². The Morgan fingerprint density at radius 3 is 3.00 bits per heavy atom. The molecule has 3 rings (SSSR count). The van der Waals surface area contributed by atoms with Gasteiger partial charge in [0.15, 0.2) is 0 Å². The van der Waals surface area contributed by atoms with Gasteiger partial charge in [-0.3, -0.25) is 4.79 Å². The molecule has 78 valence electrons. The third-order valence-electron chi connectivity index (χ3n) is 4.37. The average molecular weight is 196 g/mol. The summed E-state index contributed by atoms with van der Waals surface area (Å²) in [4.78, 5) is 11.8. The summed E-state index contributed by atoms with van der Waals surface area (Å²) in [5, 5.41) is 9.98. The predicted octanol–water partition coefficient (Wildman–Crippen LogP) is 1.59. The zero-order valence-corrected chi connectivity index (χ0v) is 8.29. The summed E-state index contributed by atoms with van der Waals surface area (Å²) in [6.45, 7) is 0. The number of carbonyl (C=O) groups is 1. The lowest BCUT2D eigenvalue weighted by Gasteiger charge is -2.41. The van der Waals surface area contributed by atoms with E-state index in [9.17, 15) is 9.90 Å². The van der Waals surface area contributed by atoms with Crippen LogP contribution < -0.4 is 0 Å². The predicted molar refractivity (Wildman–Crippen MR) is 49.3 cm³/mol. The summed E-state index contributed by atoms with van der Waals surface area (Å²) >= 11 is 0. The second kappa shape index (κ2) is 2.51. The normalized spacial score (nSPS) is 51.2. The summed E-state index contributed by atoms with van der Waals surface area (Å²) in [5.41, 5.74) is -0.300. The van der Waals surface area contributed by atoms with Gasteiger partial charge in [0.1, 0.15) is 0 Å². The van der Waals surface area contributed by atoms with E-state index in [0.29, 0.717) is 18.8 Å². The van der Waals surface area contributed by atoms with Gasteiger partial charge in [0, 0.05) is 12.8 Å². The van der Waals surface area contributed by atoms with Crippen LogP contribution >= 0.6 is 0 Å². The van der Waals surface area contributed by atoms with E-state index < -0.39 is 5.79 Å². The Hall–Kier alpha value is -0.570. The van der Waals surface area contributed by atoms with Gasteiger partial charge in [0.05, 0.1) is 5.41 Å². The van der Waals surface area contributed by atoms with Gasteiger partial charge < -0.3 is 9.84 Å². The average Bonchev–Trinajstić information content (AvgIpc) is 2.34. The number of hydrogen-bond acceptors (Lipinski definition) is 3. The monoisotopic (exact) mass is 196 g/mol. The largest absolute Gasteiger partial charge is 0.433 e. The highest BCUT2D eigenvalue weighted by Gasteiger charge is 2.63. The number of rotatable bonds is 0. The van der Waals surface area contributed by atoms with E-state index in [1.165, 1.54) is 6.42 Å². The molecule has 3 nitrogen and oxygen atoms in total. The van der Waals surface area contributed by atoms with Crippen LogP contribution in [0.2, 0.25) is 0 Å². The Balaban J connectivity index is 2.00. The molecule has 1 spiro atoms. The lowest BCUT2D eigenvalue weighted by atomic mass is 9.59. The van der Waals surface area contributed by atoms with Crippen LogP contribution in [0.5, 0.6) is 0 Å². The molecule has 3 fully saturated rings. The van der Waals surface area contributed by atoms with Gasteiger partial charge in [-0.25, -0.2) is 0 Å². The van der Waals surface area contributed by atoms with Crippen LogP contribution in [0.3, 0.4) is 0 Å². The molecule has 1 N–H and O–H groups in total. The molecule has 0 aromatic heterocycles. The smallest absolute Gasteiger partial charge is 0.315 e. The van der Waals surface area contributed by atoms with Gasteiger partial charge in [-0.15, -0.1) is 0 Å². The summed E-state index contributed by atoms with van der Waals surface area (Å²) in [6, 6.07) is 0. The lowest BCUT2D eigenvalue weighted by Crippen LogP contribution is -2.42. The highest BCUT2D eigenvalue weighted by molar-refractivity contribution is 5.80. The molecule has 1 heterocycles. The molecule has 0 aromatic carbocycles. The Labute approximate surface area is 83.4 Å². The molecule has 0 radical (unpaired) electrons. The lowest BCUT2D eigenvalue weighted by molar-refractivity contribution is -0.190. The first kappa shape index (κ1) is 8.72. The zero-order chi connectivity index (χ0) is 9.81.